The molecule has 0 bridgehead atoms. The van der Waals surface area contributed by atoms with Crippen LogP contribution in [0.2, 0.25) is 5.02 Å². The van der Waals surface area contributed by atoms with E-state index in [4.69, 9.17) is 21.1 Å². The molecule has 2 aromatic rings. The van der Waals surface area contributed by atoms with E-state index in [0.717, 1.165) is 5.56 Å². The normalized spacial score (nSPS) is 11.4. The fourth-order valence-corrected chi connectivity index (χ4v) is 3.23. The number of esters is 1. The van der Waals surface area contributed by atoms with Crippen molar-refractivity contribution in [3.63, 3.8) is 0 Å². The number of ketones is 1. The topological polar surface area (TPSA) is 72.8 Å². The first kappa shape index (κ1) is 23.5. The molecular formula is C24H27ClO5. The minimum absolute atomic E-state index is 0.136. The van der Waals surface area contributed by atoms with Crippen LogP contribution in [0.25, 0.3) is 6.08 Å². The van der Waals surface area contributed by atoms with Crippen molar-refractivity contribution in [3.05, 3.63) is 63.2 Å². The first-order valence-corrected chi connectivity index (χ1v) is 10.1. The van der Waals surface area contributed by atoms with Gasteiger partial charge in [0.25, 0.3) is 0 Å². The van der Waals surface area contributed by atoms with Crippen LogP contribution in [0.5, 0.6) is 11.5 Å². The molecule has 0 fully saturated rings. The molecule has 0 aromatic heterocycles. The molecule has 2 rings (SSSR count). The molecule has 5 nitrogen and oxygen atoms in total. The zero-order valence-corrected chi connectivity index (χ0v) is 18.8. The van der Waals surface area contributed by atoms with E-state index in [1.165, 1.54) is 18.2 Å². The second kappa shape index (κ2) is 9.81. The Morgan fingerprint density at radius 1 is 1.07 bits per heavy atom. The molecule has 0 aliphatic carbocycles. The number of phenols is 1. The summed E-state index contributed by atoms with van der Waals surface area (Å²) in [7, 11) is 0. The van der Waals surface area contributed by atoms with Gasteiger partial charge in [0.2, 0.25) is 0 Å². The number of allylic oxidation sites excluding steroid dienone is 1. The number of aromatic hydroxyl groups is 1. The van der Waals surface area contributed by atoms with Gasteiger partial charge in [0.1, 0.15) is 11.5 Å². The minimum Gasteiger partial charge on any atom is -0.507 e. The van der Waals surface area contributed by atoms with Crippen LogP contribution in [-0.4, -0.2) is 29.1 Å². The van der Waals surface area contributed by atoms with Gasteiger partial charge in [0.05, 0.1) is 23.3 Å². The molecule has 0 radical (unpaired) electrons. The number of benzene rings is 2. The van der Waals surface area contributed by atoms with Crippen molar-refractivity contribution in [2.45, 2.75) is 53.8 Å². The summed E-state index contributed by atoms with van der Waals surface area (Å²) in [6.45, 7) is 11.0. The van der Waals surface area contributed by atoms with Crippen molar-refractivity contribution in [2.24, 2.45) is 0 Å². The lowest BCUT2D eigenvalue weighted by molar-refractivity contribution is 0.0375. The van der Waals surface area contributed by atoms with Crippen molar-refractivity contribution in [1.82, 2.24) is 0 Å². The van der Waals surface area contributed by atoms with Crippen LogP contribution in [0.15, 0.2) is 30.3 Å². The van der Waals surface area contributed by atoms with Gasteiger partial charge in [-0.05, 0) is 83.5 Å². The fraction of sp³-hybridized carbons (Fsp3) is 0.333. The molecule has 0 aliphatic heterocycles. The molecular weight excluding hydrogens is 404 g/mol. The molecule has 0 amide bonds. The average Bonchev–Trinajstić information content (AvgIpc) is 2.61. The maximum absolute atomic E-state index is 12.6. The summed E-state index contributed by atoms with van der Waals surface area (Å²) in [5.74, 6) is -0.463. The molecule has 0 unspecified atom stereocenters. The molecule has 0 saturated carbocycles. The number of carbonyl (C=O) groups excluding carboxylic acids is 2. The SMILES string of the molecule is Cc1cc(C=CC(=O)c2ccc(Cl)cc2O)c(OC(C)C)c(C)c1C(=O)OC(C)C. The Labute approximate surface area is 182 Å². The van der Waals surface area contributed by atoms with Crippen LogP contribution in [0.4, 0.5) is 0 Å². The summed E-state index contributed by atoms with van der Waals surface area (Å²) in [5.41, 5.74) is 2.62. The molecule has 0 heterocycles. The average molecular weight is 431 g/mol. The lowest BCUT2D eigenvalue weighted by Crippen LogP contribution is -2.16. The number of rotatable bonds is 7. The van der Waals surface area contributed by atoms with Crippen molar-refractivity contribution in [2.75, 3.05) is 0 Å². The highest BCUT2D eigenvalue weighted by atomic mass is 35.5. The smallest absolute Gasteiger partial charge is 0.339 e. The highest BCUT2D eigenvalue weighted by Crippen LogP contribution is 2.32. The van der Waals surface area contributed by atoms with Gasteiger partial charge in [0, 0.05) is 16.1 Å². The van der Waals surface area contributed by atoms with Crippen LogP contribution >= 0.6 is 11.6 Å². The summed E-state index contributed by atoms with van der Waals surface area (Å²) in [4.78, 5) is 25.1. The van der Waals surface area contributed by atoms with Crippen LogP contribution in [0, 0.1) is 13.8 Å². The van der Waals surface area contributed by atoms with E-state index in [2.05, 4.69) is 0 Å². The first-order chi connectivity index (χ1) is 14.0. The van der Waals surface area contributed by atoms with E-state index in [1.54, 1.807) is 39.0 Å². The van der Waals surface area contributed by atoms with Crippen LogP contribution < -0.4 is 4.74 Å². The lowest BCUT2D eigenvalue weighted by Gasteiger charge is -2.20. The highest BCUT2D eigenvalue weighted by Gasteiger charge is 2.21. The van der Waals surface area contributed by atoms with Crippen molar-refractivity contribution < 1.29 is 24.2 Å². The number of hydrogen-bond acceptors (Lipinski definition) is 5. The molecule has 1 N–H and O–H groups in total. The zero-order chi connectivity index (χ0) is 22.6. The number of halogens is 1. The quantitative estimate of drug-likeness (QED) is 0.335. The van der Waals surface area contributed by atoms with Crippen molar-refractivity contribution >= 4 is 29.4 Å². The van der Waals surface area contributed by atoms with E-state index < -0.39 is 5.97 Å². The summed E-state index contributed by atoms with van der Waals surface area (Å²) in [6.07, 6.45) is 2.60. The van der Waals surface area contributed by atoms with Crippen molar-refractivity contribution in [1.29, 1.82) is 0 Å². The number of ether oxygens (including phenoxy) is 2. The molecule has 0 spiro atoms. The molecule has 6 heteroatoms. The van der Waals surface area contributed by atoms with Crippen LogP contribution in [0.1, 0.15) is 65.1 Å². The Hall–Kier alpha value is -2.79. The second-order valence-corrected chi connectivity index (χ2v) is 8.03. The number of carbonyl (C=O) groups is 2. The molecule has 2 aromatic carbocycles. The number of aryl methyl sites for hydroxylation is 1. The third-order valence-electron chi connectivity index (χ3n) is 4.28. The molecule has 0 atom stereocenters. The Bertz CT molecular complexity index is 990. The van der Waals surface area contributed by atoms with Crippen LogP contribution in [-0.2, 0) is 4.74 Å². The summed E-state index contributed by atoms with van der Waals surface area (Å²) < 4.78 is 11.3. The monoisotopic (exact) mass is 430 g/mol. The Kier molecular flexibility index (Phi) is 7.68. The largest absolute Gasteiger partial charge is 0.507 e. The maximum atomic E-state index is 12.6. The van der Waals surface area contributed by atoms with E-state index in [1.807, 2.05) is 20.8 Å². The summed E-state index contributed by atoms with van der Waals surface area (Å²) in [6, 6.07) is 6.11. The fourth-order valence-electron chi connectivity index (χ4n) is 3.07. The van der Waals surface area contributed by atoms with Gasteiger partial charge in [-0.3, -0.25) is 4.79 Å². The second-order valence-electron chi connectivity index (χ2n) is 7.59. The Morgan fingerprint density at radius 2 is 1.73 bits per heavy atom. The number of hydrogen-bond donors (Lipinski definition) is 1. The third kappa shape index (κ3) is 5.63. The molecule has 160 valence electrons. The van der Waals surface area contributed by atoms with Gasteiger partial charge in [-0.25, -0.2) is 4.79 Å². The Balaban J connectivity index is 2.49. The first-order valence-electron chi connectivity index (χ1n) is 9.74. The molecule has 30 heavy (non-hydrogen) atoms. The van der Waals surface area contributed by atoms with E-state index in [9.17, 15) is 14.7 Å². The lowest BCUT2D eigenvalue weighted by atomic mass is 9.96. The van der Waals surface area contributed by atoms with Gasteiger partial charge in [-0.1, -0.05) is 11.6 Å². The van der Waals surface area contributed by atoms with E-state index in [0.29, 0.717) is 27.5 Å². The van der Waals surface area contributed by atoms with E-state index in [-0.39, 0.29) is 29.3 Å². The van der Waals surface area contributed by atoms with Crippen LogP contribution in [0.3, 0.4) is 0 Å². The third-order valence-corrected chi connectivity index (χ3v) is 4.52. The Morgan fingerprint density at radius 3 is 2.30 bits per heavy atom. The van der Waals surface area contributed by atoms with Gasteiger partial charge in [-0.2, -0.15) is 0 Å². The predicted molar refractivity (Wildman–Crippen MR) is 119 cm³/mol. The van der Waals surface area contributed by atoms with Gasteiger partial charge >= 0.3 is 5.97 Å². The maximum Gasteiger partial charge on any atom is 0.339 e. The number of phenolic OH excluding ortho intramolecular Hbond substituents is 1. The molecule has 0 saturated heterocycles. The van der Waals surface area contributed by atoms with Crippen molar-refractivity contribution in [3.8, 4) is 11.5 Å². The minimum atomic E-state index is -0.411. The van der Waals surface area contributed by atoms with Gasteiger partial charge in [-0.15, -0.1) is 0 Å². The standard InChI is InChI=1S/C24H27ClO5/c1-13(2)29-23-16(6)22(24(28)30-14(3)4)15(5)11-17(23)7-10-20(26)19-9-8-18(25)12-21(19)27/h7-14,27H,1-6H3. The molecule has 0 aliphatic rings. The summed E-state index contributed by atoms with van der Waals surface area (Å²) >= 11 is 5.83. The van der Waals surface area contributed by atoms with E-state index >= 15 is 0 Å². The predicted octanol–water partition coefficient (Wildman–Crippen LogP) is 5.91. The highest BCUT2D eigenvalue weighted by molar-refractivity contribution is 6.31. The zero-order valence-electron chi connectivity index (χ0n) is 18.1. The van der Waals surface area contributed by atoms with Gasteiger partial charge < -0.3 is 14.6 Å². The van der Waals surface area contributed by atoms with Gasteiger partial charge in [0.15, 0.2) is 5.78 Å². The summed E-state index contributed by atoms with van der Waals surface area (Å²) in [5, 5.41) is 10.3.